The van der Waals surface area contributed by atoms with Crippen LogP contribution in [0.2, 0.25) is 0 Å². The maximum absolute atomic E-state index is 12.4. The molecule has 2 atom stereocenters. The molecule has 0 unspecified atom stereocenters. The normalized spacial score (nSPS) is 23.0. The number of hydrogen-bond acceptors (Lipinski definition) is 3. The monoisotopic (exact) mass is 311 g/mol. The second-order valence-corrected chi connectivity index (χ2v) is 7.52. The maximum Gasteiger partial charge on any atom is 0.240 e. The van der Waals surface area contributed by atoms with Gasteiger partial charge in [0.1, 0.15) is 5.75 Å². The summed E-state index contributed by atoms with van der Waals surface area (Å²) in [6, 6.07) is 6.71. The number of sulfonamides is 1. The molecule has 2 rings (SSSR count). The Morgan fingerprint density at radius 1 is 1.19 bits per heavy atom. The van der Waals surface area contributed by atoms with Gasteiger partial charge in [-0.05, 0) is 49.4 Å². The quantitative estimate of drug-likeness (QED) is 0.876. The van der Waals surface area contributed by atoms with Crippen molar-refractivity contribution in [1.29, 1.82) is 0 Å². The number of rotatable bonds is 6. The van der Waals surface area contributed by atoms with Crippen molar-refractivity contribution in [2.75, 3.05) is 6.61 Å². The molecule has 0 radical (unpaired) electrons. The van der Waals surface area contributed by atoms with Crippen LogP contribution in [0, 0.1) is 5.92 Å². The van der Waals surface area contributed by atoms with E-state index in [2.05, 4.69) is 11.6 Å². The number of nitrogens with one attached hydrogen (secondary N) is 1. The van der Waals surface area contributed by atoms with E-state index in [9.17, 15) is 8.42 Å². The second kappa shape index (κ2) is 7.27. The first-order valence-electron chi connectivity index (χ1n) is 7.78. The lowest BCUT2D eigenvalue weighted by Crippen LogP contribution is -2.40. The zero-order valence-electron chi connectivity index (χ0n) is 12.8. The molecule has 1 saturated carbocycles. The highest BCUT2D eigenvalue weighted by Crippen LogP contribution is 2.25. The van der Waals surface area contributed by atoms with Gasteiger partial charge in [-0.15, -0.1) is 0 Å². The fourth-order valence-corrected chi connectivity index (χ4v) is 4.07. The Balaban J connectivity index is 2.04. The molecule has 0 bridgehead atoms. The molecule has 21 heavy (non-hydrogen) atoms. The molecular formula is C16H25NO3S. The molecule has 1 aromatic rings. The van der Waals surface area contributed by atoms with Crippen LogP contribution in [0.4, 0.5) is 0 Å². The molecule has 1 aliphatic rings. The average Bonchev–Trinajstić information content (AvgIpc) is 2.48. The van der Waals surface area contributed by atoms with Crippen LogP contribution in [0.1, 0.15) is 46.0 Å². The largest absolute Gasteiger partial charge is 0.494 e. The number of ether oxygens (including phenoxy) is 1. The molecule has 1 fully saturated rings. The standard InChI is InChI=1S/C16H25NO3S/c1-3-12-20-14-8-10-15(11-9-14)21(18,19)17-16-7-5-4-6-13(16)2/h8-11,13,16-17H,3-7,12H2,1-2H3/t13-,16-/m0/s1. The van der Waals surface area contributed by atoms with Gasteiger partial charge in [0.2, 0.25) is 10.0 Å². The lowest BCUT2D eigenvalue weighted by atomic mass is 9.87. The first kappa shape index (κ1) is 16.3. The van der Waals surface area contributed by atoms with E-state index in [-0.39, 0.29) is 6.04 Å². The van der Waals surface area contributed by atoms with Crippen molar-refractivity contribution in [1.82, 2.24) is 4.72 Å². The van der Waals surface area contributed by atoms with Crippen LogP contribution < -0.4 is 9.46 Å². The maximum atomic E-state index is 12.4. The molecular weight excluding hydrogens is 286 g/mol. The van der Waals surface area contributed by atoms with Gasteiger partial charge in [0.15, 0.2) is 0 Å². The van der Waals surface area contributed by atoms with Crippen molar-refractivity contribution < 1.29 is 13.2 Å². The van der Waals surface area contributed by atoms with Crippen LogP contribution in [-0.2, 0) is 10.0 Å². The summed E-state index contributed by atoms with van der Waals surface area (Å²) >= 11 is 0. The first-order chi connectivity index (χ1) is 10.0. The molecule has 0 amide bonds. The zero-order valence-corrected chi connectivity index (χ0v) is 13.7. The van der Waals surface area contributed by atoms with Crippen LogP contribution in [0.3, 0.4) is 0 Å². The zero-order chi connectivity index (χ0) is 15.3. The number of hydrogen-bond donors (Lipinski definition) is 1. The molecule has 0 aromatic heterocycles. The Bertz CT molecular complexity index is 539. The van der Waals surface area contributed by atoms with Crippen molar-refractivity contribution in [3.8, 4) is 5.75 Å². The second-order valence-electron chi connectivity index (χ2n) is 5.81. The minimum atomic E-state index is -3.44. The van der Waals surface area contributed by atoms with E-state index in [1.807, 2.05) is 6.92 Å². The topological polar surface area (TPSA) is 55.4 Å². The highest BCUT2D eigenvalue weighted by molar-refractivity contribution is 7.89. The minimum Gasteiger partial charge on any atom is -0.494 e. The van der Waals surface area contributed by atoms with E-state index in [0.717, 1.165) is 25.7 Å². The Kier molecular flexibility index (Phi) is 5.65. The summed E-state index contributed by atoms with van der Waals surface area (Å²) in [4.78, 5) is 0.309. The summed E-state index contributed by atoms with van der Waals surface area (Å²) in [5, 5.41) is 0. The summed E-state index contributed by atoms with van der Waals surface area (Å²) in [7, 11) is -3.44. The minimum absolute atomic E-state index is 0.0553. The van der Waals surface area contributed by atoms with E-state index in [0.29, 0.717) is 23.2 Å². The van der Waals surface area contributed by atoms with E-state index in [4.69, 9.17) is 4.74 Å². The van der Waals surface area contributed by atoms with Gasteiger partial charge < -0.3 is 4.74 Å². The predicted molar refractivity (Wildman–Crippen MR) is 84.0 cm³/mol. The summed E-state index contributed by atoms with van der Waals surface area (Å²) in [5.41, 5.74) is 0. The molecule has 0 aliphatic heterocycles. The van der Waals surface area contributed by atoms with Gasteiger partial charge in [0, 0.05) is 6.04 Å². The van der Waals surface area contributed by atoms with Crippen molar-refractivity contribution >= 4 is 10.0 Å². The van der Waals surface area contributed by atoms with Gasteiger partial charge in [-0.2, -0.15) is 0 Å². The summed E-state index contributed by atoms with van der Waals surface area (Å²) in [5.74, 6) is 1.11. The van der Waals surface area contributed by atoms with Crippen molar-refractivity contribution in [2.24, 2.45) is 5.92 Å². The summed E-state index contributed by atoms with van der Waals surface area (Å²) in [6.45, 7) is 4.80. The third-order valence-corrected chi connectivity index (χ3v) is 5.53. The molecule has 0 heterocycles. The molecule has 4 nitrogen and oxygen atoms in total. The van der Waals surface area contributed by atoms with Gasteiger partial charge in [0.25, 0.3) is 0 Å². The van der Waals surface area contributed by atoms with Crippen molar-refractivity contribution in [3.05, 3.63) is 24.3 Å². The molecule has 0 spiro atoms. The van der Waals surface area contributed by atoms with Crippen molar-refractivity contribution in [2.45, 2.75) is 56.9 Å². The molecule has 1 aromatic carbocycles. The van der Waals surface area contributed by atoms with E-state index in [1.165, 1.54) is 6.42 Å². The smallest absolute Gasteiger partial charge is 0.240 e. The van der Waals surface area contributed by atoms with E-state index < -0.39 is 10.0 Å². The number of benzene rings is 1. The highest BCUT2D eigenvalue weighted by atomic mass is 32.2. The van der Waals surface area contributed by atoms with Gasteiger partial charge in [-0.3, -0.25) is 0 Å². The third-order valence-electron chi connectivity index (χ3n) is 4.02. The fraction of sp³-hybridized carbons (Fsp3) is 0.625. The van der Waals surface area contributed by atoms with Gasteiger partial charge in [-0.25, -0.2) is 13.1 Å². The predicted octanol–water partition coefficient (Wildman–Crippen LogP) is 3.33. The highest BCUT2D eigenvalue weighted by Gasteiger charge is 2.26. The third kappa shape index (κ3) is 4.45. The Morgan fingerprint density at radius 3 is 2.48 bits per heavy atom. The van der Waals surface area contributed by atoms with Crippen LogP contribution in [0.5, 0.6) is 5.75 Å². The van der Waals surface area contributed by atoms with E-state index >= 15 is 0 Å². The van der Waals surface area contributed by atoms with Crippen LogP contribution in [0.25, 0.3) is 0 Å². The first-order valence-corrected chi connectivity index (χ1v) is 9.26. The summed E-state index contributed by atoms with van der Waals surface area (Å²) in [6.07, 6.45) is 5.25. The van der Waals surface area contributed by atoms with Gasteiger partial charge in [-0.1, -0.05) is 26.7 Å². The van der Waals surface area contributed by atoms with Crippen LogP contribution in [-0.4, -0.2) is 21.1 Å². The average molecular weight is 311 g/mol. The van der Waals surface area contributed by atoms with E-state index in [1.54, 1.807) is 24.3 Å². The lowest BCUT2D eigenvalue weighted by molar-refractivity contribution is 0.310. The Labute approximate surface area is 127 Å². The molecule has 0 saturated heterocycles. The van der Waals surface area contributed by atoms with Gasteiger partial charge >= 0.3 is 0 Å². The molecule has 1 aliphatic carbocycles. The lowest BCUT2D eigenvalue weighted by Gasteiger charge is -2.29. The molecule has 5 heteroatoms. The van der Waals surface area contributed by atoms with Gasteiger partial charge in [0.05, 0.1) is 11.5 Å². The fourth-order valence-electron chi connectivity index (χ4n) is 2.69. The SMILES string of the molecule is CCCOc1ccc(S(=O)(=O)N[C@H]2CCCC[C@@H]2C)cc1. The summed E-state index contributed by atoms with van der Waals surface area (Å²) < 4.78 is 33.2. The Hall–Kier alpha value is -1.07. The Morgan fingerprint density at radius 2 is 1.86 bits per heavy atom. The van der Waals surface area contributed by atoms with Crippen LogP contribution >= 0.6 is 0 Å². The molecule has 1 N–H and O–H groups in total. The molecule has 118 valence electrons. The van der Waals surface area contributed by atoms with Crippen LogP contribution in [0.15, 0.2) is 29.2 Å². The van der Waals surface area contributed by atoms with Crippen molar-refractivity contribution in [3.63, 3.8) is 0 Å².